The summed E-state index contributed by atoms with van der Waals surface area (Å²) in [6, 6.07) is 27.6. The second-order valence-electron chi connectivity index (χ2n) is 8.51. The van der Waals surface area contributed by atoms with Gasteiger partial charge in [0.1, 0.15) is 56.9 Å². The van der Waals surface area contributed by atoms with Crippen molar-refractivity contribution < 1.29 is 23.5 Å². The van der Waals surface area contributed by atoms with E-state index >= 15 is 0 Å². The highest BCUT2D eigenvalue weighted by molar-refractivity contribution is 6.35. The van der Waals surface area contributed by atoms with Gasteiger partial charge in [-0.05, 0) is 41.5 Å². The average Bonchev–Trinajstić information content (AvgIpc) is 3.03. The van der Waals surface area contributed by atoms with E-state index in [1.54, 1.807) is 36.4 Å². The first kappa shape index (κ1) is 33.7. The van der Waals surface area contributed by atoms with Crippen molar-refractivity contribution in [1.29, 1.82) is 10.5 Å². The SMILES string of the molecule is CON=C(C#N)c1ccccc1COc1ccc(Cl)cc1Cl.CON=C(C#N)c1ccccc1COc1ccc(F)c(Cl)c1. The minimum Gasteiger partial charge on any atom is -0.489 e. The van der Waals surface area contributed by atoms with Crippen LogP contribution < -0.4 is 9.47 Å². The Morgan fingerprint density at radius 3 is 1.75 bits per heavy atom. The van der Waals surface area contributed by atoms with Crippen LogP contribution in [0.5, 0.6) is 11.5 Å². The van der Waals surface area contributed by atoms with Gasteiger partial charge in [0.2, 0.25) is 0 Å². The molecule has 0 unspecified atom stereocenters. The van der Waals surface area contributed by atoms with E-state index in [2.05, 4.69) is 20.0 Å². The standard InChI is InChI=1S/C16H12Cl2N2O2.C16H12ClFN2O2/c1-21-20-15(9-19)13-5-3-2-4-11(13)10-22-16-7-6-12(17)8-14(16)18;1-21-20-16(9-19)13-5-3-2-4-11(13)10-22-12-6-7-15(18)14(17)8-12/h2*2-8H,10H2,1H3. The molecule has 0 saturated heterocycles. The molecule has 8 nitrogen and oxygen atoms in total. The van der Waals surface area contributed by atoms with Crippen LogP contribution in [0.4, 0.5) is 4.39 Å². The van der Waals surface area contributed by atoms with E-state index in [1.165, 1.54) is 32.4 Å². The van der Waals surface area contributed by atoms with Crippen molar-refractivity contribution in [2.45, 2.75) is 13.2 Å². The van der Waals surface area contributed by atoms with Gasteiger partial charge >= 0.3 is 0 Å². The van der Waals surface area contributed by atoms with Crippen molar-refractivity contribution in [1.82, 2.24) is 0 Å². The lowest BCUT2D eigenvalue weighted by atomic mass is 10.0. The van der Waals surface area contributed by atoms with Crippen LogP contribution in [0.25, 0.3) is 0 Å². The Kier molecular flexibility index (Phi) is 13.3. The molecule has 12 heteroatoms. The van der Waals surface area contributed by atoms with Gasteiger partial charge in [0.25, 0.3) is 0 Å². The Hall–Kier alpha value is -4.80. The molecule has 224 valence electrons. The highest BCUT2D eigenvalue weighted by Gasteiger charge is 2.12. The van der Waals surface area contributed by atoms with Gasteiger partial charge in [0, 0.05) is 22.2 Å². The van der Waals surface area contributed by atoms with Gasteiger partial charge in [-0.15, -0.1) is 0 Å². The van der Waals surface area contributed by atoms with E-state index in [0.717, 1.165) is 11.1 Å². The van der Waals surface area contributed by atoms with Crippen molar-refractivity contribution in [3.05, 3.63) is 128 Å². The molecule has 0 spiro atoms. The van der Waals surface area contributed by atoms with E-state index in [9.17, 15) is 4.39 Å². The molecule has 4 aromatic rings. The maximum atomic E-state index is 13.1. The van der Waals surface area contributed by atoms with Crippen LogP contribution in [-0.2, 0) is 22.9 Å². The van der Waals surface area contributed by atoms with Crippen molar-refractivity contribution in [3.8, 4) is 23.6 Å². The Bertz CT molecular complexity index is 1740. The zero-order chi connectivity index (χ0) is 31.9. The molecule has 0 aliphatic rings. The summed E-state index contributed by atoms with van der Waals surface area (Å²) in [5, 5.41) is 26.6. The minimum atomic E-state index is -0.506. The fourth-order valence-electron chi connectivity index (χ4n) is 3.67. The quantitative estimate of drug-likeness (QED) is 0.126. The van der Waals surface area contributed by atoms with Crippen LogP contribution >= 0.6 is 34.8 Å². The molecular formula is C32H24Cl3FN4O4. The summed E-state index contributed by atoms with van der Waals surface area (Å²) >= 11 is 17.6. The lowest BCUT2D eigenvalue weighted by molar-refractivity contribution is 0.214. The summed E-state index contributed by atoms with van der Waals surface area (Å²) in [5.74, 6) is 0.444. The number of halogens is 4. The molecule has 0 amide bonds. The zero-order valence-electron chi connectivity index (χ0n) is 23.4. The maximum absolute atomic E-state index is 13.1. The molecular weight excluding hydrogens is 630 g/mol. The van der Waals surface area contributed by atoms with E-state index in [1.807, 2.05) is 42.5 Å². The van der Waals surface area contributed by atoms with Crippen molar-refractivity contribution in [2.24, 2.45) is 10.3 Å². The minimum absolute atomic E-state index is 0.00977. The number of nitrogens with zero attached hydrogens (tertiary/aromatic N) is 4. The van der Waals surface area contributed by atoms with Gasteiger partial charge in [-0.25, -0.2) is 4.39 Å². The van der Waals surface area contributed by atoms with Crippen LogP contribution in [0.1, 0.15) is 22.3 Å². The second kappa shape index (κ2) is 17.3. The molecule has 0 N–H and O–H groups in total. The molecule has 0 bridgehead atoms. The molecule has 0 aliphatic carbocycles. The highest BCUT2D eigenvalue weighted by Crippen LogP contribution is 2.28. The normalized spacial score (nSPS) is 10.9. The van der Waals surface area contributed by atoms with E-state index in [4.69, 9.17) is 54.8 Å². The number of rotatable bonds is 10. The smallest absolute Gasteiger partial charge is 0.187 e. The van der Waals surface area contributed by atoms with Gasteiger partial charge in [0.15, 0.2) is 11.4 Å². The molecule has 0 radical (unpaired) electrons. The Morgan fingerprint density at radius 1 is 0.705 bits per heavy atom. The number of ether oxygens (including phenoxy) is 2. The average molecular weight is 654 g/mol. The van der Waals surface area contributed by atoms with Crippen LogP contribution in [0.2, 0.25) is 15.1 Å². The lowest BCUT2D eigenvalue weighted by Gasteiger charge is -2.11. The van der Waals surface area contributed by atoms with Gasteiger partial charge in [-0.3, -0.25) is 0 Å². The van der Waals surface area contributed by atoms with Gasteiger partial charge in [-0.2, -0.15) is 10.5 Å². The van der Waals surface area contributed by atoms with Gasteiger partial charge in [0.05, 0.1) is 10.0 Å². The maximum Gasteiger partial charge on any atom is 0.187 e. The first-order valence-corrected chi connectivity index (χ1v) is 13.8. The topological polar surface area (TPSA) is 109 Å². The van der Waals surface area contributed by atoms with E-state index in [0.29, 0.717) is 32.7 Å². The molecule has 0 aromatic heterocycles. The first-order chi connectivity index (χ1) is 21.3. The summed E-state index contributed by atoms with van der Waals surface area (Å²) in [4.78, 5) is 9.35. The van der Waals surface area contributed by atoms with E-state index in [-0.39, 0.29) is 29.7 Å². The largest absolute Gasteiger partial charge is 0.489 e. The third-order valence-corrected chi connectivity index (χ3v) is 6.50. The van der Waals surface area contributed by atoms with Crippen molar-refractivity contribution in [3.63, 3.8) is 0 Å². The Balaban J connectivity index is 0.000000240. The zero-order valence-corrected chi connectivity index (χ0v) is 25.7. The molecule has 0 aliphatic heterocycles. The second-order valence-corrected chi connectivity index (χ2v) is 9.76. The third kappa shape index (κ3) is 9.62. The van der Waals surface area contributed by atoms with Crippen molar-refractivity contribution in [2.75, 3.05) is 14.2 Å². The molecule has 4 aromatic carbocycles. The summed E-state index contributed by atoms with van der Waals surface area (Å²) in [6.07, 6.45) is 0. The summed E-state index contributed by atoms with van der Waals surface area (Å²) in [5.41, 5.74) is 3.14. The van der Waals surface area contributed by atoms with Gasteiger partial charge in [-0.1, -0.05) is 93.6 Å². The summed E-state index contributed by atoms with van der Waals surface area (Å²) < 4.78 is 24.4. The molecule has 0 heterocycles. The number of nitriles is 2. The van der Waals surface area contributed by atoms with Crippen LogP contribution in [0.3, 0.4) is 0 Å². The molecule has 0 fully saturated rings. The monoisotopic (exact) mass is 652 g/mol. The third-order valence-electron chi connectivity index (χ3n) is 5.68. The van der Waals surface area contributed by atoms with Crippen molar-refractivity contribution >= 4 is 46.2 Å². The number of benzene rings is 4. The number of hydrogen-bond acceptors (Lipinski definition) is 8. The van der Waals surface area contributed by atoms with Crippen LogP contribution in [-0.4, -0.2) is 25.6 Å². The first-order valence-electron chi connectivity index (χ1n) is 12.7. The Labute approximate surface area is 269 Å². The summed E-state index contributed by atoms with van der Waals surface area (Å²) in [6.45, 7) is 0.421. The van der Waals surface area contributed by atoms with E-state index < -0.39 is 5.82 Å². The van der Waals surface area contributed by atoms with Crippen LogP contribution in [0.15, 0.2) is 95.2 Å². The molecule has 0 saturated carbocycles. The fraction of sp³-hybridized carbons (Fsp3) is 0.125. The molecule has 4 rings (SSSR count). The highest BCUT2D eigenvalue weighted by atomic mass is 35.5. The number of hydrogen-bond donors (Lipinski definition) is 0. The van der Waals surface area contributed by atoms with Crippen LogP contribution in [0, 0.1) is 28.5 Å². The Morgan fingerprint density at radius 2 is 1.25 bits per heavy atom. The molecule has 0 atom stereocenters. The molecule has 44 heavy (non-hydrogen) atoms. The number of oxime groups is 2. The summed E-state index contributed by atoms with van der Waals surface area (Å²) in [7, 11) is 2.76. The predicted molar refractivity (Wildman–Crippen MR) is 168 cm³/mol. The lowest BCUT2D eigenvalue weighted by Crippen LogP contribution is -2.06. The van der Waals surface area contributed by atoms with Gasteiger partial charge < -0.3 is 19.1 Å². The fourth-order valence-corrected chi connectivity index (χ4v) is 4.31. The predicted octanol–water partition coefficient (Wildman–Crippen LogP) is 8.38.